The first-order valence-corrected chi connectivity index (χ1v) is 5.00. The lowest BCUT2D eigenvalue weighted by Crippen LogP contribution is -2.05. The lowest BCUT2D eigenvalue weighted by molar-refractivity contribution is 0.0699. The fourth-order valence-electron chi connectivity index (χ4n) is 1.57. The number of aromatic carboxylic acids is 1. The number of aromatic nitrogens is 3. The molecule has 6 heteroatoms. The number of carboxylic acids is 1. The number of hydrogen-bond donors (Lipinski definition) is 2. The Morgan fingerprint density at radius 1 is 1.62 bits per heavy atom. The van der Waals surface area contributed by atoms with Gasteiger partial charge in [-0.05, 0) is 6.42 Å². The van der Waals surface area contributed by atoms with E-state index in [1.54, 1.807) is 6.07 Å². The summed E-state index contributed by atoms with van der Waals surface area (Å²) in [6, 6.07) is 1.72. The van der Waals surface area contributed by atoms with Crippen LogP contribution in [0.5, 0.6) is 0 Å². The zero-order valence-electron chi connectivity index (χ0n) is 8.84. The Balaban J connectivity index is 2.66. The largest absolute Gasteiger partial charge is 0.477 e. The van der Waals surface area contributed by atoms with Crippen molar-refractivity contribution in [2.45, 2.75) is 19.8 Å². The summed E-state index contributed by atoms with van der Waals surface area (Å²) in [5.74, 6) is -0.642. The summed E-state index contributed by atoms with van der Waals surface area (Å²) in [4.78, 5) is 15.2. The fraction of sp³-hybridized carbons (Fsp3) is 0.300. The molecule has 0 spiro atoms. The molecule has 2 rings (SSSR count). The van der Waals surface area contributed by atoms with Gasteiger partial charge in [-0.1, -0.05) is 13.3 Å². The molecule has 0 saturated heterocycles. The van der Waals surface area contributed by atoms with Crippen molar-refractivity contribution in [3.63, 3.8) is 0 Å². The number of carbonyl (C=O) groups is 1. The molecular weight excluding hydrogens is 208 g/mol. The number of nitrogens with zero attached hydrogens (tertiary/aromatic N) is 3. The van der Waals surface area contributed by atoms with Gasteiger partial charge in [0.2, 0.25) is 0 Å². The SMILES string of the molecule is CCCc1cc(N)n2ncc(C(=O)O)c2n1. The van der Waals surface area contributed by atoms with Gasteiger partial charge in [0, 0.05) is 11.8 Å². The second-order valence-electron chi connectivity index (χ2n) is 3.52. The second-order valence-corrected chi connectivity index (χ2v) is 3.52. The van der Waals surface area contributed by atoms with Gasteiger partial charge < -0.3 is 10.8 Å². The highest BCUT2D eigenvalue weighted by atomic mass is 16.4. The van der Waals surface area contributed by atoms with Crippen molar-refractivity contribution >= 4 is 17.4 Å². The first kappa shape index (κ1) is 10.4. The Morgan fingerprint density at radius 3 is 3.00 bits per heavy atom. The summed E-state index contributed by atoms with van der Waals surface area (Å²) in [6.45, 7) is 2.02. The molecule has 2 aromatic rings. The van der Waals surface area contributed by atoms with Gasteiger partial charge in [0.15, 0.2) is 5.65 Å². The first-order valence-electron chi connectivity index (χ1n) is 5.00. The van der Waals surface area contributed by atoms with E-state index in [0.717, 1.165) is 18.5 Å². The van der Waals surface area contributed by atoms with Crippen LogP contribution in [0.15, 0.2) is 12.3 Å². The van der Waals surface area contributed by atoms with Gasteiger partial charge in [-0.3, -0.25) is 0 Å². The molecule has 0 amide bonds. The van der Waals surface area contributed by atoms with Gasteiger partial charge >= 0.3 is 5.97 Å². The quantitative estimate of drug-likeness (QED) is 0.803. The smallest absolute Gasteiger partial charge is 0.341 e. The zero-order chi connectivity index (χ0) is 11.7. The number of fused-ring (bicyclic) bond motifs is 1. The molecular formula is C10H12N4O2. The number of anilines is 1. The van der Waals surface area contributed by atoms with Crippen molar-refractivity contribution in [1.29, 1.82) is 0 Å². The van der Waals surface area contributed by atoms with Crippen LogP contribution in [0.25, 0.3) is 5.65 Å². The van der Waals surface area contributed by atoms with Crippen LogP contribution >= 0.6 is 0 Å². The summed E-state index contributed by atoms with van der Waals surface area (Å²) in [7, 11) is 0. The predicted octanol–water partition coefficient (Wildman–Crippen LogP) is 0.962. The number of carboxylic acid groups (broad SMARTS) is 1. The van der Waals surface area contributed by atoms with Crippen LogP contribution in [-0.4, -0.2) is 25.7 Å². The van der Waals surface area contributed by atoms with E-state index in [4.69, 9.17) is 10.8 Å². The van der Waals surface area contributed by atoms with E-state index in [1.807, 2.05) is 6.92 Å². The molecule has 2 aromatic heterocycles. The van der Waals surface area contributed by atoms with Crippen LogP contribution in [0.2, 0.25) is 0 Å². The first-order chi connectivity index (χ1) is 7.63. The van der Waals surface area contributed by atoms with Gasteiger partial charge in [0.25, 0.3) is 0 Å². The van der Waals surface area contributed by atoms with Crippen molar-refractivity contribution in [3.05, 3.63) is 23.5 Å². The maximum atomic E-state index is 10.9. The monoisotopic (exact) mass is 220 g/mol. The highest BCUT2D eigenvalue weighted by Gasteiger charge is 2.14. The molecule has 0 fully saturated rings. The van der Waals surface area contributed by atoms with Gasteiger partial charge in [-0.2, -0.15) is 9.61 Å². The van der Waals surface area contributed by atoms with E-state index < -0.39 is 5.97 Å². The molecule has 0 aliphatic heterocycles. The molecule has 0 aliphatic carbocycles. The fourth-order valence-corrected chi connectivity index (χ4v) is 1.57. The molecule has 2 heterocycles. The van der Waals surface area contributed by atoms with Crippen LogP contribution in [-0.2, 0) is 6.42 Å². The van der Waals surface area contributed by atoms with Crippen molar-refractivity contribution in [2.24, 2.45) is 0 Å². The van der Waals surface area contributed by atoms with Gasteiger partial charge in [-0.25, -0.2) is 9.78 Å². The van der Waals surface area contributed by atoms with Crippen molar-refractivity contribution in [2.75, 3.05) is 5.73 Å². The molecule has 16 heavy (non-hydrogen) atoms. The third-order valence-corrected chi connectivity index (χ3v) is 2.29. The minimum atomic E-state index is -1.05. The topological polar surface area (TPSA) is 93.5 Å². The molecule has 0 atom stereocenters. The predicted molar refractivity (Wildman–Crippen MR) is 58.4 cm³/mol. The summed E-state index contributed by atoms with van der Waals surface area (Å²) in [5, 5.41) is 12.8. The Labute approximate surface area is 91.7 Å². The normalized spacial score (nSPS) is 10.8. The second kappa shape index (κ2) is 3.80. The van der Waals surface area contributed by atoms with Crippen molar-refractivity contribution in [3.8, 4) is 0 Å². The summed E-state index contributed by atoms with van der Waals surface area (Å²) in [6.07, 6.45) is 2.96. The molecule has 84 valence electrons. The van der Waals surface area contributed by atoms with Gasteiger partial charge in [-0.15, -0.1) is 0 Å². The Morgan fingerprint density at radius 2 is 2.38 bits per heavy atom. The van der Waals surface area contributed by atoms with Crippen LogP contribution in [0, 0.1) is 0 Å². The lowest BCUT2D eigenvalue weighted by atomic mass is 10.2. The van der Waals surface area contributed by atoms with E-state index in [0.29, 0.717) is 11.5 Å². The van der Waals surface area contributed by atoms with Crippen LogP contribution in [0.3, 0.4) is 0 Å². The van der Waals surface area contributed by atoms with Gasteiger partial charge in [0.1, 0.15) is 11.4 Å². The molecule has 6 nitrogen and oxygen atoms in total. The van der Waals surface area contributed by atoms with E-state index in [9.17, 15) is 4.79 Å². The van der Waals surface area contributed by atoms with Crippen LogP contribution < -0.4 is 5.73 Å². The molecule has 0 unspecified atom stereocenters. The van der Waals surface area contributed by atoms with E-state index in [-0.39, 0.29) is 5.56 Å². The molecule has 0 aromatic carbocycles. The van der Waals surface area contributed by atoms with Crippen molar-refractivity contribution in [1.82, 2.24) is 14.6 Å². The average Bonchev–Trinajstić information content (AvgIpc) is 2.62. The lowest BCUT2D eigenvalue weighted by Gasteiger charge is -2.03. The average molecular weight is 220 g/mol. The van der Waals surface area contributed by atoms with Gasteiger partial charge in [0.05, 0.1) is 6.20 Å². The van der Waals surface area contributed by atoms with E-state index >= 15 is 0 Å². The molecule has 0 saturated carbocycles. The van der Waals surface area contributed by atoms with E-state index in [2.05, 4.69) is 10.1 Å². The number of nitrogen functional groups attached to an aromatic ring is 1. The number of rotatable bonds is 3. The maximum Gasteiger partial charge on any atom is 0.341 e. The Hall–Kier alpha value is -2.11. The van der Waals surface area contributed by atoms with E-state index in [1.165, 1.54) is 10.7 Å². The molecule has 0 radical (unpaired) electrons. The highest BCUT2D eigenvalue weighted by Crippen LogP contribution is 2.14. The summed E-state index contributed by atoms with van der Waals surface area (Å²) < 4.78 is 1.34. The van der Waals surface area contributed by atoms with Crippen molar-refractivity contribution < 1.29 is 9.90 Å². The maximum absolute atomic E-state index is 10.9. The summed E-state index contributed by atoms with van der Waals surface area (Å²) in [5.41, 5.74) is 6.93. The minimum Gasteiger partial charge on any atom is -0.477 e. The zero-order valence-corrected chi connectivity index (χ0v) is 8.84. The number of hydrogen-bond acceptors (Lipinski definition) is 4. The third-order valence-electron chi connectivity index (χ3n) is 2.29. The summed E-state index contributed by atoms with van der Waals surface area (Å²) >= 11 is 0. The van der Waals surface area contributed by atoms with Crippen LogP contribution in [0.1, 0.15) is 29.4 Å². The standard InChI is InChI=1S/C10H12N4O2/c1-2-3-6-4-8(11)14-9(13-6)7(5-12-14)10(15)16/h4-5H,2-3,11H2,1H3,(H,15,16). The third kappa shape index (κ3) is 1.58. The molecule has 0 aliphatic rings. The highest BCUT2D eigenvalue weighted by molar-refractivity contribution is 5.94. The minimum absolute atomic E-state index is 0.0738. The van der Waals surface area contributed by atoms with Crippen LogP contribution in [0.4, 0.5) is 5.82 Å². The Bertz CT molecular complexity index is 547. The number of nitrogens with two attached hydrogens (primary N) is 1. The molecule has 3 N–H and O–H groups in total. The molecule has 0 bridgehead atoms. The number of aryl methyl sites for hydroxylation is 1. The Kier molecular flexibility index (Phi) is 2.47.